The number of ether oxygens (including phenoxy) is 1. The molecule has 0 bridgehead atoms. The van der Waals surface area contributed by atoms with Crippen molar-refractivity contribution in [2.24, 2.45) is 0 Å². The molecule has 0 aliphatic rings. The molecule has 1 heterocycles. The lowest BCUT2D eigenvalue weighted by Crippen LogP contribution is -2.05. The molecule has 0 saturated heterocycles. The van der Waals surface area contributed by atoms with Gasteiger partial charge in [0.2, 0.25) is 5.88 Å². The Bertz CT molecular complexity index is 279. The second-order valence-electron chi connectivity index (χ2n) is 2.03. The first-order valence-electron chi connectivity index (χ1n) is 3.05. The lowest BCUT2D eigenvalue weighted by Gasteiger charge is -2.04. The fraction of sp³-hybridized carbons (Fsp3) is 0.167. The van der Waals surface area contributed by atoms with Gasteiger partial charge in [0.1, 0.15) is 0 Å². The van der Waals surface area contributed by atoms with Gasteiger partial charge in [-0.25, -0.2) is 4.98 Å². The fourth-order valence-electron chi connectivity index (χ4n) is 0.617. The van der Waals surface area contributed by atoms with Crippen LogP contribution in [0.5, 0.6) is 5.88 Å². The van der Waals surface area contributed by atoms with Crippen molar-refractivity contribution in [2.45, 2.75) is 6.61 Å². The first-order valence-corrected chi connectivity index (χ1v) is 3.05. The van der Waals surface area contributed by atoms with Crippen molar-refractivity contribution in [1.82, 2.24) is 4.98 Å². The average Bonchev–Trinajstić information content (AvgIpc) is 1.96. The molecule has 1 aromatic heterocycles. The molecule has 0 amide bonds. The SMILES string of the molecule is Nc1cnc(OC(F)F)cc1N. The molecule has 0 radical (unpaired) electrons. The van der Waals surface area contributed by atoms with Crippen LogP contribution in [0.1, 0.15) is 0 Å². The van der Waals surface area contributed by atoms with Crippen molar-refractivity contribution in [1.29, 1.82) is 0 Å². The van der Waals surface area contributed by atoms with E-state index in [1.165, 1.54) is 0 Å². The van der Waals surface area contributed by atoms with Crippen LogP contribution in [0.25, 0.3) is 0 Å². The number of anilines is 2. The third kappa shape index (κ3) is 1.94. The maximum atomic E-state index is 11.6. The Labute approximate surface area is 67.1 Å². The van der Waals surface area contributed by atoms with Crippen LogP contribution in [-0.4, -0.2) is 11.6 Å². The van der Waals surface area contributed by atoms with Gasteiger partial charge < -0.3 is 16.2 Å². The first-order chi connectivity index (χ1) is 5.59. The number of nitrogen functional groups attached to an aromatic ring is 2. The van der Waals surface area contributed by atoms with Crippen LogP contribution >= 0.6 is 0 Å². The van der Waals surface area contributed by atoms with Crippen molar-refractivity contribution in [2.75, 3.05) is 11.5 Å². The highest BCUT2D eigenvalue weighted by Crippen LogP contribution is 2.19. The molecule has 0 saturated carbocycles. The number of nitrogens with two attached hydrogens (primary N) is 2. The summed E-state index contributed by atoms with van der Waals surface area (Å²) in [5.74, 6) is -0.239. The van der Waals surface area contributed by atoms with Gasteiger partial charge in [-0.2, -0.15) is 8.78 Å². The lowest BCUT2D eigenvalue weighted by molar-refractivity contribution is -0.0527. The number of pyridine rings is 1. The van der Waals surface area contributed by atoms with Crippen molar-refractivity contribution in [3.05, 3.63) is 12.3 Å². The van der Waals surface area contributed by atoms with E-state index in [0.717, 1.165) is 12.3 Å². The van der Waals surface area contributed by atoms with Gasteiger partial charge in [0.05, 0.1) is 17.6 Å². The monoisotopic (exact) mass is 175 g/mol. The van der Waals surface area contributed by atoms with E-state index < -0.39 is 6.61 Å². The van der Waals surface area contributed by atoms with Crippen molar-refractivity contribution in [3.63, 3.8) is 0 Å². The van der Waals surface area contributed by atoms with Gasteiger partial charge in [-0.15, -0.1) is 0 Å². The zero-order valence-corrected chi connectivity index (χ0v) is 6.00. The summed E-state index contributed by atoms with van der Waals surface area (Å²) in [5.41, 5.74) is 11.0. The molecule has 6 heteroatoms. The van der Waals surface area contributed by atoms with E-state index in [9.17, 15) is 8.78 Å². The third-order valence-electron chi connectivity index (χ3n) is 1.15. The zero-order valence-electron chi connectivity index (χ0n) is 6.00. The predicted molar refractivity (Wildman–Crippen MR) is 39.7 cm³/mol. The summed E-state index contributed by atoms with van der Waals surface area (Å²) in [7, 11) is 0. The van der Waals surface area contributed by atoms with Gasteiger partial charge >= 0.3 is 6.61 Å². The number of hydrogen-bond donors (Lipinski definition) is 2. The predicted octanol–water partition coefficient (Wildman–Crippen LogP) is 0.847. The van der Waals surface area contributed by atoms with E-state index in [4.69, 9.17) is 11.5 Å². The Balaban J connectivity index is 2.82. The summed E-state index contributed by atoms with van der Waals surface area (Å²) in [6, 6.07) is 1.14. The van der Waals surface area contributed by atoms with Crippen molar-refractivity contribution in [3.8, 4) is 5.88 Å². The van der Waals surface area contributed by atoms with E-state index in [1.54, 1.807) is 0 Å². The first kappa shape index (κ1) is 8.51. The Morgan fingerprint density at radius 2 is 2.00 bits per heavy atom. The minimum absolute atomic E-state index is 0.167. The van der Waals surface area contributed by atoms with Gasteiger partial charge in [-0.05, 0) is 0 Å². The Hall–Kier alpha value is -1.59. The van der Waals surface area contributed by atoms with Crippen LogP contribution in [0, 0.1) is 0 Å². The standard InChI is InChI=1S/C6H7F2N3O/c7-6(8)12-5-1-3(9)4(10)2-11-5/h1-2,6H,10H2,(H2,9,11). The average molecular weight is 175 g/mol. The lowest BCUT2D eigenvalue weighted by atomic mass is 10.3. The van der Waals surface area contributed by atoms with E-state index >= 15 is 0 Å². The maximum absolute atomic E-state index is 11.6. The summed E-state index contributed by atoms with van der Waals surface area (Å²) in [6.07, 6.45) is 1.16. The third-order valence-corrected chi connectivity index (χ3v) is 1.15. The Morgan fingerprint density at radius 1 is 1.33 bits per heavy atom. The fourth-order valence-corrected chi connectivity index (χ4v) is 0.617. The van der Waals surface area contributed by atoms with Gasteiger partial charge in [-0.3, -0.25) is 0 Å². The molecule has 0 fully saturated rings. The molecule has 0 aliphatic carbocycles. The molecule has 0 aromatic carbocycles. The van der Waals surface area contributed by atoms with E-state index in [0.29, 0.717) is 0 Å². The van der Waals surface area contributed by atoms with Crippen molar-refractivity contribution < 1.29 is 13.5 Å². The molecular formula is C6H7F2N3O. The number of aromatic nitrogens is 1. The molecule has 0 aliphatic heterocycles. The van der Waals surface area contributed by atoms with Crippen LogP contribution in [0.3, 0.4) is 0 Å². The highest BCUT2D eigenvalue weighted by Gasteiger charge is 2.06. The Kier molecular flexibility index (Phi) is 2.27. The maximum Gasteiger partial charge on any atom is 0.388 e. The summed E-state index contributed by atoms with van der Waals surface area (Å²) in [6.45, 7) is -2.90. The topological polar surface area (TPSA) is 74.2 Å². The molecule has 4 N–H and O–H groups in total. The van der Waals surface area contributed by atoms with E-state index in [-0.39, 0.29) is 17.3 Å². The summed E-state index contributed by atoms with van der Waals surface area (Å²) in [4.78, 5) is 3.47. The van der Waals surface area contributed by atoms with E-state index in [1.807, 2.05) is 0 Å². The van der Waals surface area contributed by atoms with Crippen molar-refractivity contribution >= 4 is 11.4 Å². The van der Waals surface area contributed by atoms with Crippen LogP contribution < -0.4 is 16.2 Å². The molecule has 1 aromatic rings. The van der Waals surface area contributed by atoms with Crippen LogP contribution in [0.15, 0.2) is 12.3 Å². The molecule has 4 nitrogen and oxygen atoms in total. The number of hydrogen-bond acceptors (Lipinski definition) is 4. The van der Waals surface area contributed by atoms with Gasteiger partial charge in [0, 0.05) is 6.07 Å². The largest absolute Gasteiger partial charge is 0.417 e. The molecule has 12 heavy (non-hydrogen) atoms. The number of halogens is 2. The molecule has 66 valence electrons. The minimum Gasteiger partial charge on any atom is -0.417 e. The number of alkyl halides is 2. The molecular weight excluding hydrogens is 168 g/mol. The highest BCUT2D eigenvalue weighted by atomic mass is 19.3. The smallest absolute Gasteiger partial charge is 0.388 e. The quantitative estimate of drug-likeness (QED) is 0.698. The van der Waals surface area contributed by atoms with Crippen LogP contribution in [0.4, 0.5) is 20.2 Å². The molecule has 0 spiro atoms. The van der Waals surface area contributed by atoms with E-state index in [2.05, 4.69) is 9.72 Å². The highest BCUT2D eigenvalue weighted by molar-refractivity contribution is 5.62. The number of nitrogens with zero attached hydrogens (tertiary/aromatic N) is 1. The molecule has 1 rings (SSSR count). The second kappa shape index (κ2) is 3.21. The molecule has 0 atom stereocenters. The van der Waals surface area contributed by atoms with Crippen LogP contribution in [-0.2, 0) is 0 Å². The normalized spacial score (nSPS) is 10.2. The van der Waals surface area contributed by atoms with Gasteiger partial charge in [-0.1, -0.05) is 0 Å². The van der Waals surface area contributed by atoms with Crippen LogP contribution in [0.2, 0.25) is 0 Å². The van der Waals surface area contributed by atoms with Gasteiger partial charge in [0.25, 0.3) is 0 Å². The summed E-state index contributed by atoms with van der Waals surface area (Å²) in [5, 5.41) is 0. The minimum atomic E-state index is -2.90. The summed E-state index contributed by atoms with van der Waals surface area (Å²) < 4.78 is 27.2. The molecule has 0 unspecified atom stereocenters. The summed E-state index contributed by atoms with van der Waals surface area (Å²) >= 11 is 0. The zero-order chi connectivity index (χ0) is 9.14. The Morgan fingerprint density at radius 3 is 2.50 bits per heavy atom. The number of rotatable bonds is 2. The second-order valence-corrected chi connectivity index (χ2v) is 2.03. The van der Waals surface area contributed by atoms with Gasteiger partial charge in [0.15, 0.2) is 0 Å².